The van der Waals surface area contributed by atoms with Crippen molar-refractivity contribution in [1.29, 1.82) is 0 Å². The maximum Gasteiger partial charge on any atom is 0.214 e. The zero-order chi connectivity index (χ0) is 14.7. The zero-order valence-corrected chi connectivity index (χ0v) is 13.5. The van der Waals surface area contributed by atoms with Crippen LogP contribution in [0.3, 0.4) is 0 Å². The molecule has 1 unspecified atom stereocenters. The van der Waals surface area contributed by atoms with E-state index in [1.165, 1.54) is 4.31 Å². The van der Waals surface area contributed by atoms with Crippen LogP contribution in [0.5, 0.6) is 0 Å². The first-order valence-corrected chi connectivity index (χ1v) is 8.42. The van der Waals surface area contributed by atoms with Gasteiger partial charge in [0.05, 0.1) is 5.75 Å². The lowest BCUT2D eigenvalue weighted by Gasteiger charge is -2.33. The minimum Gasteiger partial charge on any atom is -0.212 e. The third-order valence-corrected chi connectivity index (χ3v) is 6.33. The van der Waals surface area contributed by atoms with Crippen molar-refractivity contribution in [3.05, 3.63) is 35.9 Å². The van der Waals surface area contributed by atoms with Crippen LogP contribution in [0.1, 0.15) is 32.3 Å². The maximum absolute atomic E-state index is 12.4. The fourth-order valence-electron chi connectivity index (χ4n) is 1.77. The van der Waals surface area contributed by atoms with Gasteiger partial charge in [-0.2, -0.15) is 4.31 Å². The first-order chi connectivity index (χ1) is 8.70. The highest BCUT2D eigenvalue weighted by Crippen LogP contribution is 2.23. The second-order valence-corrected chi connectivity index (χ2v) is 7.82. The largest absolute Gasteiger partial charge is 0.214 e. The summed E-state index contributed by atoms with van der Waals surface area (Å²) in [6.45, 7) is 5.57. The molecule has 5 heteroatoms. The topological polar surface area (TPSA) is 37.4 Å². The highest BCUT2D eigenvalue weighted by molar-refractivity contribution is 7.89. The second kappa shape index (κ2) is 6.25. The maximum atomic E-state index is 12.4. The predicted octanol–water partition coefficient (Wildman–Crippen LogP) is 3.07. The van der Waals surface area contributed by atoms with Crippen molar-refractivity contribution in [1.82, 2.24) is 4.31 Å². The summed E-state index contributed by atoms with van der Waals surface area (Å²) in [7, 11) is -1.74. The van der Waals surface area contributed by atoms with Crippen LogP contribution in [0, 0.1) is 0 Å². The van der Waals surface area contributed by atoms with E-state index in [-0.39, 0.29) is 17.6 Å². The molecule has 0 saturated heterocycles. The normalized spacial score (nSPS) is 14.6. The average Bonchev–Trinajstić information content (AvgIpc) is 2.38. The van der Waals surface area contributed by atoms with Gasteiger partial charge in [0.2, 0.25) is 10.0 Å². The van der Waals surface area contributed by atoms with Gasteiger partial charge in [-0.3, -0.25) is 0 Å². The molecule has 0 aliphatic rings. The number of rotatable bonds is 6. The summed E-state index contributed by atoms with van der Waals surface area (Å²) in [6.07, 6.45) is 0. The second-order valence-electron chi connectivity index (χ2n) is 5.50. The third kappa shape index (κ3) is 4.20. The first kappa shape index (κ1) is 16.5. The molecule has 1 atom stereocenters. The Hall–Kier alpha value is -0.580. The number of nitrogens with zero attached hydrogens (tertiary/aromatic N) is 1. The molecular formula is C14H22ClNO2S. The molecule has 0 spiro atoms. The SMILES string of the molecule is CC(CS(=O)(=O)N(C)C(C)(C)CCl)c1ccccc1. The molecule has 0 radical (unpaired) electrons. The molecule has 19 heavy (non-hydrogen) atoms. The summed E-state index contributed by atoms with van der Waals surface area (Å²) < 4.78 is 26.2. The van der Waals surface area contributed by atoms with Gasteiger partial charge in [-0.1, -0.05) is 37.3 Å². The van der Waals surface area contributed by atoms with Crippen molar-refractivity contribution in [2.75, 3.05) is 18.7 Å². The molecule has 0 aliphatic heterocycles. The standard InChI is InChI=1S/C14H22ClNO2S/c1-12(13-8-6-5-7-9-13)10-19(17,18)16(4)14(2,3)11-15/h5-9,12H,10-11H2,1-4H3. The summed E-state index contributed by atoms with van der Waals surface area (Å²) in [5.41, 5.74) is 0.458. The summed E-state index contributed by atoms with van der Waals surface area (Å²) >= 11 is 5.84. The van der Waals surface area contributed by atoms with Gasteiger partial charge >= 0.3 is 0 Å². The van der Waals surface area contributed by atoms with Crippen LogP contribution in [0.15, 0.2) is 30.3 Å². The molecule has 0 fully saturated rings. The molecule has 108 valence electrons. The van der Waals surface area contributed by atoms with Crippen LogP contribution in [-0.4, -0.2) is 36.9 Å². The quantitative estimate of drug-likeness (QED) is 0.757. The Morgan fingerprint density at radius 3 is 2.26 bits per heavy atom. The molecule has 0 aromatic heterocycles. The molecule has 1 rings (SSSR count). The summed E-state index contributed by atoms with van der Waals surface area (Å²) in [4.78, 5) is 0. The molecule has 3 nitrogen and oxygen atoms in total. The highest BCUT2D eigenvalue weighted by atomic mass is 35.5. The van der Waals surface area contributed by atoms with Gasteiger partial charge in [-0.05, 0) is 25.3 Å². The van der Waals surface area contributed by atoms with Gasteiger partial charge in [-0.25, -0.2) is 8.42 Å². The molecule has 0 bridgehead atoms. The molecule has 0 aliphatic carbocycles. The van der Waals surface area contributed by atoms with E-state index in [1.807, 2.05) is 51.1 Å². The Labute approximate surface area is 121 Å². The minimum absolute atomic E-state index is 0.0419. The number of hydrogen-bond acceptors (Lipinski definition) is 2. The lowest BCUT2D eigenvalue weighted by atomic mass is 10.0. The fourth-order valence-corrected chi connectivity index (χ4v) is 3.88. The van der Waals surface area contributed by atoms with Gasteiger partial charge in [-0.15, -0.1) is 11.6 Å². The van der Waals surface area contributed by atoms with Crippen LogP contribution >= 0.6 is 11.6 Å². The third-order valence-electron chi connectivity index (χ3n) is 3.43. The van der Waals surface area contributed by atoms with E-state index in [9.17, 15) is 8.42 Å². The highest BCUT2D eigenvalue weighted by Gasteiger charge is 2.33. The molecule has 1 aromatic carbocycles. The lowest BCUT2D eigenvalue weighted by Crippen LogP contribution is -2.47. The van der Waals surface area contributed by atoms with E-state index in [4.69, 9.17) is 11.6 Å². The Bertz CT molecular complexity index is 499. The van der Waals surface area contributed by atoms with E-state index in [2.05, 4.69) is 0 Å². The smallest absolute Gasteiger partial charge is 0.212 e. The van der Waals surface area contributed by atoms with Crippen LogP contribution in [-0.2, 0) is 10.0 Å². The fraction of sp³-hybridized carbons (Fsp3) is 0.571. The van der Waals surface area contributed by atoms with Crippen molar-refractivity contribution < 1.29 is 8.42 Å². The van der Waals surface area contributed by atoms with Crippen LogP contribution < -0.4 is 0 Å². The van der Waals surface area contributed by atoms with Gasteiger partial charge in [0.15, 0.2) is 0 Å². The van der Waals surface area contributed by atoms with Crippen LogP contribution in [0.25, 0.3) is 0 Å². The molecule has 0 N–H and O–H groups in total. The minimum atomic E-state index is -3.33. The van der Waals surface area contributed by atoms with Gasteiger partial charge in [0.25, 0.3) is 0 Å². The Kier molecular flexibility index (Phi) is 5.42. The number of halogens is 1. The van der Waals surface area contributed by atoms with Crippen molar-refractivity contribution in [3.8, 4) is 0 Å². The average molecular weight is 304 g/mol. The van der Waals surface area contributed by atoms with Gasteiger partial charge < -0.3 is 0 Å². The Balaban J connectivity index is 2.86. The predicted molar refractivity (Wildman–Crippen MR) is 81.2 cm³/mol. The monoisotopic (exact) mass is 303 g/mol. The van der Waals surface area contributed by atoms with E-state index >= 15 is 0 Å². The number of hydrogen-bond donors (Lipinski definition) is 0. The van der Waals surface area contributed by atoms with Crippen molar-refractivity contribution in [2.24, 2.45) is 0 Å². The molecule has 0 amide bonds. The molecule has 0 saturated carbocycles. The van der Waals surface area contributed by atoms with Crippen molar-refractivity contribution in [2.45, 2.75) is 32.2 Å². The lowest BCUT2D eigenvalue weighted by molar-refractivity contribution is 0.295. The van der Waals surface area contributed by atoms with E-state index in [0.29, 0.717) is 0 Å². The molecule has 1 aromatic rings. The Morgan fingerprint density at radius 2 is 1.79 bits per heavy atom. The number of alkyl halides is 1. The number of sulfonamides is 1. The van der Waals surface area contributed by atoms with Gasteiger partial charge in [0.1, 0.15) is 0 Å². The summed E-state index contributed by atoms with van der Waals surface area (Å²) in [6, 6.07) is 9.67. The van der Waals surface area contributed by atoms with Crippen LogP contribution in [0.2, 0.25) is 0 Å². The summed E-state index contributed by atoms with van der Waals surface area (Å²) in [5.74, 6) is 0.316. The first-order valence-electron chi connectivity index (χ1n) is 6.28. The van der Waals surface area contributed by atoms with E-state index < -0.39 is 15.6 Å². The number of benzene rings is 1. The molecular weight excluding hydrogens is 282 g/mol. The van der Waals surface area contributed by atoms with Gasteiger partial charge in [0, 0.05) is 18.5 Å². The van der Waals surface area contributed by atoms with Crippen molar-refractivity contribution in [3.63, 3.8) is 0 Å². The summed E-state index contributed by atoms with van der Waals surface area (Å²) in [5, 5.41) is 0. The van der Waals surface area contributed by atoms with Crippen LogP contribution in [0.4, 0.5) is 0 Å². The van der Waals surface area contributed by atoms with E-state index in [1.54, 1.807) is 7.05 Å². The van der Waals surface area contributed by atoms with E-state index in [0.717, 1.165) is 5.56 Å². The Morgan fingerprint density at radius 1 is 1.26 bits per heavy atom. The zero-order valence-electron chi connectivity index (χ0n) is 11.9. The molecule has 0 heterocycles. The van der Waals surface area contributed by atoms with Crippen molar-refractivity contribution >= 4 is 21.6 Å².